The summed E-state index contributed by atoms with van der Waals surface area (Å²) in [6, 6.07) is 9.80. The predicted molar refractivity (Wildman–Crippen MR) is 123 cm³/mol. The van der Waals surface area contributed by atoms with Gasteiger partial charge in [-0.2, -0.15) is 0 Å². The molecule has 150 valence electrons. The molecule has 0 atom stereocenters. The van der Waals surface area contributed by atoms with E-state index in [0.717, 1.165) is 39.0 Å². The summed E-state index contributed by atoms with van der Waals surface area (Å²) in [6.45, 7) is 7.30. The molecule has 0 aliphatic heterocycles. The summed E-state index contributed by atoms with van der Waals surface area (Å²) in [6.07, 6.45) is 0. The molecule has 0 unspecified atom stereocenters. The van der Waals surface area contributed by atoms with E-state index >= 15 is 0 Å². The van der Waals surface area contributed by atoms with Crippen LogP contribution in [-0.4, -0.2) is 43.0 Å². The summed E-state index contributed by atoms with van der Waals surface area (Å²) in [5, 5.41) is 1.40. The molecule has 1 amide bonds. The molecule has 3 rings (SSSR count). The molecule has 2 aromatic carbocycles. The zero-order chi connectivity index (χ0) is 19.7. The fourth-order valence-corrected chi connectivity index (χ4v) is 4.40. The number of nitrogens with zero attached hydrogens (tertiary/aromatic N) is 3. The summed E-state index contributed by atoms with van der Waals surface area (Å²) < 4.78 is 0.999. The van der Waals surface area contributed by atoms with Crippen LogP contribution in [0.5, 0.6) is 0 Å². The van der Waals surface area contributed by atoms with Gasteiger partial charge in [-0.25, -0.2) is 4.98 Å². The maximum Gasteiger partial charge on any atom is 0.260 e. The van der Waals surface area contributed by atoms with Gasteiger partial charge in [-0.15, -0.1) is 12.4 Å². The molecule has 3 aromatic rings. The van der Waals surface area contributed by atoms with E-state index in [2.05, 4.69) is 4.90 Å². The highest BCUT2D eigenvalue weighted by Gasteiger charge is 2.23. The number of carbonyl (C=O) groups is 1. The lowest BCUT2D eigenvalue weighted by Crippen LogP contribution is -2.37. The Balaban J connectivity index is 0.00000280. The van der Waals surface area contributed by atoms with Crippen LogP contribution in [0.4, 0.5) is 5.13 Å². The van der Waals surface area contributed by atoms with Gasteiger partial charge >= 0.3 is 0 Å². The number of fused-ring (bicyclic) bond motifs is 1. The number of likely N-dealkylation sites (N-methyl/N-ethyl adjacent to an activating group) is 1. The molecule has 0 saturated carbocycles. The van der Waals surface area contributed by atoms with Crippen molar-refractivity contribution in [1.82, 2.24) is 9.88 Å². The van der Waals surface area contributed by atoms with Crippen LogP contribution in [0.3, 0.4) is 0 Å². The van der Waals surface area contributed by atoms with E-state index in [0.29, 0.717) is 16.7 Å². The Hall–Kier alpha value is -1.66. The lowest BCUT2D eigenvalue weighted by Gasteiger charge is -2.23. The second-order valence-corrected chi connectivity index (χ2v) is 8.59. The molecule has 0 aliphatic rings. The standard InChI is InChI=1S/C21H24ClN3OS.ClH/c1-13-6-7-14(2)17(10-13)20(26)25(9-8-24(4)5)21-23-19-15(3)11-16(22)12-18(19)27-21;/h6-7,10-12H,8-9H2,1-5H3;1H. The quantitative estimate of drug-likeness (QED) is 0.528. The van der Waals surface area contributed by atoms with Crippen molar-refractivity contribution in [2.75, 3.05) is 32.1 Å². The van der Waals surface area contributed by atoms with E-state index in [1.807, 2.05) is 65.2 Å². The number of anilines is 1. The topological polar surface area (TPSA) is 36.4 Å². The number of halogens is 2. The second kappa shape index (κ2) is 9.23. The number of amides is 1. The summed E-state index contributed by atoms with van der Waals surface area (Å²) in [5.74, 6) is -0.0131. The normalized spacial score (nSPS) is 11.0. The van der Waals surface area contributed by atoms with E-state index in [-0.39, 0.29) is 18.3 Å². The van der Waals surface area contributed by atoms with Crippen LogP contribution < -0.4 is 4.90 Å². The summed E-state index contributed by atoms with van der Waals surface area (Å²) >= 11 is 7.71. The van der Waals surface area contributed by atoms with Crippen molar-refractivity contribution >= 4 is 56.6 Å². The van der Waals surface area contributed by atoms with Crippen molar-refractivity contribution in [3.8, 4) is 0 Å². The van der Waals surface area contributed by atoms with Gasteiger partial charge in [0.25, 0.3) is 5.91 Å². The fourth-order valence-electron chi connectivity index (χ4n) is 2.95. The fraction of sp³-hybridized carbons (Fsp3) is 0.333. The van der Waals surface area contributed by atoms with E-state index in [9.17, 15) is 4.79 Å². The SMILES string of the molecule is Cc1ccc(C)c(C(=O)N(CCN(C)C)c2nc3c(C)cc(Cl)cc3s2)c1.Cl. The molecule has 0 bridgehead atoms. The Morgan fingerprint density at radius 3 is 2.46 bits per heavy atom. The monoisotopic (exact) mass is 437 g/mol. The number of hydrogen-bond acceptors (Lipinski definition) is 4. The Morgan fingerprint density at radius 1 is 1.07 bits per heavy atom. The molecule has 0 fully saturated rings. The number of aryl methyl sites for hydroxylation is 3. The minimum atomic E-state index is -0.0131. The van der Waals surface area contributed by atoms with Crippen LogP contribution in [0.1, 0.15) is 27.0 Å². The average Bonchev–Trinajstić information content (AvgIpc) is 3.00. The van der Waals surface area contributed by atoms with E-state index in [1.165, 1.54) is 11.3 Å². The molecule has 7 heteroatoms. The number of thiazole rings is 1. The number of benzene rings is 2. The van der Waals surface area contributed by atoms with Crippen molar-refractivity contribution in [3.05, 3.63) is 57.6 Å². The maximum atomic E-state index is 13.4. The molecule has 0 aliphatic carbocycles. The number of carbonyl (C=O) groups excluding carboxylic acids is 1. The summed E-state index contributed by atoms with van der Waals surface area (Å²) in [7, 11) is 4.01. The average molecular weight is 438 g/mol. The molecule has 4 nitrogen and oxygen atoms in total. The Kier molecular flexibility index (Phi) is 7.46. The van der Waals surface area contributed by atoms with Crippen LogP contribution in [0.25, 0.3) is 10.2 Å². The lowest BCUT2D eigenvalue weighted by molar-refractivity contribution is 0.0984. The van der Waals surface area contributed by atoms with Crippen LogP contribution in [0.2, 0.25) is 5.02 Å². The van der Waals surface area contributed by atoms with Gasteiger partial charge in [0.05, 0.1) is 10.2 Å². The first-order valence-electron chi connectivity index (χ1n) is 8.87. The highest BCUT2D eigenvalue weighted by Crippen LogP contribution is 2.33. The smallest absolute Gasteiger partial charge is 0.260 e. The van der Waals surface area contributed by atoms with Crippen LogP contribution in [0.15, 0.2) is 30.3 Å². The van der Waals surface area contributed by atoms with E-state index in [1.54, 1.807) is 4.90 Å². The molecular weight excluding hydrogens is 413 g/mol. The van der Waals surface area contributed by atoms with Gasteiger partial charge < -0.3 is 4.90 Å². The first kappa shape index (κ1) is 22.6. The number of rotatable bonds is 5. The molecule has 0 N–H and O–H groups in total. The maximum absolute atomic E-state index is 13.4. The lowest BCUT2D eigenvalue weighted by atomic mass is 10.0. The Morgan fingerprint density at radius 2 is 1.79 bits per heavy atom. The molecular formula is C21H25Cl2N3OS. The third kappa shape index (κ3) is 4.84. The summed E-state index contributed by atoms with van der Waals surface area (Å²) in [4.78, 5) is 22.0. The van der Waals surface area contributed by atoms with Gasteiger partial charge in [-0.3, -0.25) is 9.69 Å². The molecule has 1 heterocycles. The van der Waals surface area contributed by atoms with Crippen molar-refractivity contribution in [1.29, 1.82) is 0 Å². The van der Waals surface area contributed by atoms with Crippen molar-refractivity contribution < 1.29 is 4.79 Å². The third-order valence-electron chi connectivity index (χ3n) is 4.51. The Bertz CT molecular complexity index is 1000. The van der Waals surface area contributed by atoms with Gasteiger partial charge in [-0.05, 0) is 64.2 Å². The minimum Gasteiger partial charge on any atom is -0.308 e. The van der Waals surface area contributed by atoms with E-state index < -0.39 is 0 Å². The first-order chi connectivity index (χ1) is 12.8. The van der Waals surface area contributed by atoms with Crippen LogP contribution >= 0.6 is 35.3 Å². The Labute approximate surface area is 181 Å². The predicted octanol–water partition coefficient (Wildman–Crippen LogP) is 5.51. The largest absolute Gasteiger partial charge is 0.308 e. The van der Waals surface area contributed by atoms with Gasteiger partial charge in [0.1, 0.15) is 0 Å². The second-order valence-electron chi connectivity index (χ2n) is 7.14. The molecule has 0 spiro atoms. The highest BCUT2D eigenvalue weighted by atomic mass is 35.5. The third-order valence-corrected chi connectivity index (χ3v) is 5.75. The number of hydrogen-bond donors (Lipinski definition) is 0. The minimum absolute atomic E-state index is 0. The molecule has 1 aromatic heterocycles. The zero-order valence-electron chi connectivity index (χ0n) is 16.7. The van der Waals surface area contributed by atoms with Crippen LogP contribution in [0, 0.1) is 20.8 Å². The van der Waals surface area contributed by atoms with Gasteiger partial charge in [0.15, 0.2) is 5.13 Å². The molecule has 0 saturated heterocycles. The van der Waals surface area contributed by atoms with Gasteiger partial charge in [-0.1, -0.05) is 40.6 Å². The molecule has 28 heavy (non-hydrogen) atoms. The van der Waals surface area contributed by atoms with Crippen LogP contribution in [-0.2, 0) is 0 Å². The molecule has 0 radical (unpaired) electrons. The first-order valence-corrected chi connectivity index (χ1v) is 10.1. The van der Waals surface area contributed by atoms with Gasteiger partial charge in [0, 0.05) is 23.7 Å². The van der Waals surface area contributed by atoms with Gasteiger partial charge in [0.2, 0.25) is 0 Å². The number of aromatic nitrogens is 1. The zero-order valence-corrected chi connectivity index (χ0v) is 19.1. The van der Waals surface area contributed by atoms with Crippen molar-refractivity contribution in [2.45, 2.75) is 20.8 Å². The van der Waals surface area contributed by atoms with E-state index in [4.69, 9.17) is 16.6 Å². The van der Waals surface area contributed by atoms with Crippen molar-refractivity contribution in [2.24, 2.45) is 0 Å². The summed E-state index contributed by atoms with van der Waals surface area (Å²) in [5.41, 5.74) is 4.70. The highest BCUT2D eigenvalue weighted by molar-refractivity contribution is 7.22. The van der Waals surface area contributed by atoms with Crippen molar-refractivity contribution in [3.63, 3.8) is 0 Å².